The Morgan fingerprint density at radius 1 is 0.966 bits per heavy atom. The van der Waals surface area contributed by atoms with Crippen LogP contribution in [0.5, 0.6) is 0 Å². The van der Waals surface area contributed by atoms with E-state index >= 15 is 0 Å². The number of carbonyl (C=O) groups excluding carboxylic acids is 2. The summed E-state index contributed by atoms with van der Waals surface area (Å²) in [5, 5.41) is 0. The second kappa shape index (κ2) is 8.57. The summed E-state index contributed by atoms with van der Waals surface area (Å²) in [6.07, 6.45) is 6.87. The molecular weight excluding hydrogens is 386 g/mol. The molecule has 29 heavy (non-hydrogen) atoms. The van der Waals surface area contributed by atoms with Gasteiger partial charge < -0.3 is 9.80 Å². The molecule has 2 aliphatic heterocycles. The van der Waals surface area contributed by atoms with Crippen LogP contribution >= 0.6 is 11.3 Å². The maximum absolute atomic E-state index is 12.8. The SMILES string of the molecule is Cc1nc([C@H]2CCCN(C(=O)c3scnc3C)C2)ncc1C(=O)N1CCCCC1. The molecule has 0 spiro atoms. The highest BCUT2D eigenvalue weighted by molar-refractivity contribution is 7.11. The Balaban J connectivity index is 1.48. The molecule has 4 rings (SSSR count). The number of rotatable bonds is 3. The molecule has 0 saturated carbocycles. The zero-order valence-electron chi connectivity index (χ0n) is 17.1. The van der Waals surface area contributed by atoms with E-state index < -0.39 is 0 Å². The molecule has 0 aromatic carbocycles. The zero-order chi connectivity index (χ0) is 20.4. The number of likely N-dealkylation sites (tertiary alicyclic amines) is 2. The van der Waals surface area contributed by atoms with Gasteiger partial charge >= 0.3 is 0 Å². The molecule has 2 fully saturated rings. The molecule has 4 heterocycles. The number of carbonyl (C=O) groups is 2. The van der Waals surface area contributed by atoms with Gasteiger partial charge in [0.25, 0.3) is 11.8 Å². The molecule has 2 amide bonds. The van der Waals surface area contributed by atoms with Gasteiger partial charge in [0.1, 0.15) is 10.7 Å². The first-order valence-electron chi connectivity index (χ1n) is 10.4. The Kier molecular flexibility index (Phi) is 5.89. The zero-order valence-corrected chi connectivity index (χ0v) is 17.9. The minimum absolute atomic E-state index is 0.0369. The highest BCUT2D eigenvalue weighted by Crippen LogP contribution is 2.27. The minimum atomic E-state index is 0.0369. The summed E-state index contributed by atoms with van der Waals surface area (Å²) >= 11 is 1.39. The van der Waals surface area contributed by atoms with Crippen molar-refractivity contribution in [1.82, 2.24) is 24.8 Å². The molecular formula is C21H27N5O2S. The first-order chi connectivity index (χ1) is 14.0. The van der Waals surface area contributed by atoms with Crippen molar-refractivity contribution in [3.05, 3.63) is 39.4 Å². The lowest BCUT2D eigenvalue weighted by Gasteiger charge is -2.32. The first-order valence-corrected chi connectivity index (χ1v) is 11.2. The highest BCUT2D eigenvalue weighted by atomic mass is 32.1. The molecule has 2 saturated heterocycles. The van der Waals surface area contributed by atoms with Crippen LogP contribution in [-0.4, -0.2) is 62.7 Å². The predicted octanol–water partition coefficient (Wildman–Crippen LogP) is 3.20. The van der Waals surface area contributed by atoms with Crippen molar-refractivity contribution in [3.63, 3.8) is 0 Å². The van der Waals surface area contributed by atoms with Crippen molar-refractivity contribution < 1.29 is 9.59 Å². The molecule has 2 aromatic heterocycles. The standard InChI is InChI=1S/C21H27N5O2S/c1-14-17(20(27)25-8-4-3-5-9-25)11-22-19(24-14)16-7-6-10-26(12-16)21(28)18-15(2)23-13-29-18/h11,13,16H,3-10,12H2,1-2H3/t16-/m0/s1. The Hall–Kier alpha value is -2.35. The quantitative estimate of drug-likeness (QED) is 0.772. The number of nitrogens with zero attached hydrogens (tertiary/aromatic N) is 5. The van der Waals surface area contributed by atoms with Crippen molar-refractivity contribution >= 4 is 23.2 Å². The normalized spacial score (nSPS) is 20.0. The number of amides is 2. The molecule has 1 atom stereocenters. The third-order valence-electron chi connectivity index (χ3n) is 5.89. The van der Waals surface area contributed by atoms with Gasteiger partial charge in [0, 0.05) is 38.3 Å². The van der Waals surface area contributed by atoms with E-state index in [-0.39, 0.29) is 17.7 Å². The molecule has 2 aliphatic rings. The van der Waals surface area contributed by atoms with Gasteiger partial charge in [-0.2, -0.15) is 0 Å². The minimum Gasteiger partial charge on any atom is -0.339 e. The van der Waals surface area contributed by atoms with Crippen molar-refractivity contribution in [2.45, 2.75) is 51.9 Å². The second-order valence-electron chi connectivity index (χ2n) is 7.94. The fraction of sp³-hybridized carbons (Fsp3) is 0.571. The maximum atomic E-state index is 12.8. The van der Waals surface area contributed by atoms with E-state index in [0.717, 1.165) is 62.5 Å². The third kappa shape index (κ3) is 4.17. The van der Waals surface area contributed by atoms with E-state index in [1.165, 1.54) is 17.8 Å². The Bertz CT molecular complexity index is 906. The number of hydrogen-bond acceptors (Lipinski definition) is 6. The van der Waals surface area contributed by atoms with E-state index in [1.54, 1.807) is 11.7 Å². The van der Waals surface area contributed by atoms with E-state index in [1.807, 2.05) is 23.6 Å². The summed E-state index contributed by atoms with van der Waals surface area (Å²) < 4.78 is 0. The Morgan fingerprint density at radius 3 is 2.41 bits per heavy atom. The summed E-state index contributed by atoms with van der Waals surface area (Å²) in [7, 11) is 0. The van der Waals surface area contributed by atoms with E-state index in [0.29, 0.717) is 17.0 Å². The number of thiazole rings is 1. The topological polar surface area (TPSA) is 79.3 Å². The largest absolute Gasteiger partial charge is 0.339 e. The lowest BCUT2D eigenvalue weighted by atomic mass is 9.96. The number of piperidine rings is 2. The van der Waals surface area contributed by atoms with E-state index in [9.17, 15) is 9.59 Å². The van der Waals surface area contributed by atoms with Crippen LogP contribution in [0.4, 0.5) is 0 Å². The fourth-order valence-electron chi connectivity index (χ4n) is 4.18. The van der Waals surface area contributed by atoms with Crippen LogP contribution in [0.2, 0.25) is 0 Å². The molecule has 7 nitrogen and oxygen atoms in total. The summed E-state index contributed by atoms with van der Waals surface area (Å²) in [5.41, 5.74) is 3.83. The molecule has 8 heteroatoms. The number of aromatic nitrogens is 3. The van der Waals surface area contributed by atoms with E-state index in [4.69, 9.17) is 0 Å². The lowest BCUT2D eigenvalue weighted by molar-refractivity contribution is 0.0707. The van der Waals surface area contributed by atoms with Crippen molar-refractivity contribution in [2.75, 3.05) is 26.2 Å². The monoisotopic (exact) mass is 413 g/mol. The van der Waals surface area contributed by atoms with Crippen LogP contribution in [-0.2, 0) is 0 Å². The van der Waals surface area contributed by atoms with Gasteiger partial charge in [-0.3, -0.25) is 9.59 Å². The maximum Gasteiger partial charge on any atom is 0.265 e. The van der Waals surface area contributed by atoms with Crippen LogP contribution in [0.1, 0.15) is 75.3 Å². The van der Waals surface area contributed by atoms with Crippen LogP contribution in [0, 0.1) is 13.8 Å². The summed E-state index contributed by atoms with van der Waals surface area (Å²) in [6.45, 7) is 6.74. The Morgan fingerprint density at radius 2 is 1.72 bits per heavy atom. The van der Waals surface area contributed by atoms with Crippen LogP contribution in [0.3, 0.4) is 0 Å². The van der Waals surface area contributed by atoms with Gasteiger partial charge in [0.05, 0.1) is 22.5 Å². The molecule has 2 aromatic rings. The molecule has 0 unspecified atom stereocenters. The van der Waals surface area contributed by atoms with Crippen molar-refractivity contribution in [3.8, 4) is 0 Å². The summed E-state index contributed by atoms with van der Waals surface area (Å²) in [4.78, 5) is 43.6. The van der Waals surface area contributed by atoms with Crippen LogP contribution in [0.25, 0.3) is 0 Å². The number of hydrogen-bond donors (Lipinski definition) is 0. The average molecular weight is 414 g/mol. The van der Waals surface area contributed by atoms with Crippen molar-refractivity contribution in [1.29, 1.82) is 0 Å². The average Bonchev–Trinajstić information content (AvgIpc) is 3.19. The third-order valence-corrected chi connectivity index (χ3v) is 6.80. The van der Waals surface area contributed by atoms with Gasteiger partial charge in [0.2, 0.25) is 0 Å². The van der Waals surface area contributed by atoms with Crippen LogP contribution < -0.4 is 0 Å². The van der Waals surface area contributed by atoms with Gasteiger partial charge in [0.15, 0.2) is 0 Å². The molecule has 154 valence electrons. The van der Waals surface area contributed by atoms with Gasteiger partial charge in [-0.25, -0.2) is 15.0 Å². The van der Waals surface area contributed by atoms with Gasteiger partial charge in [-0.15, -0.1) is 11.3 Å². The lowest BCUT2D eigenvalue weighted by Crippen LogP contribution is -2.39. The smallest absolute Gasteiger partial charge is 0.265 e. The molecule has 0 radical (unpaired) electrons. The second-order valence-corrected chi connectivity index (χ2v) is 8.79. The van der Waals surface area contributed by atoms with E-state index in [2.05, 4.69) is 15.0 Å². The molecule has 0 bridgehead atoms. The molecule has 0 N–H and O–H groups in total. The predicted molar refractivity (Wildman–Crippen MR) is 111 cm³/mol. The van der Waals surface area contributed by atoms with Crippen molar-refractivity contribution in [2.24, 2.45) is 0 Å². The van der Waals surface area contributed by atoms with Crippen LogP contribution in [0.15, 0.2) is 11.7 Å². The fourth-order valence-corrected chi connectivity index (χ4v) is 4.95. The van der Waals surface area contributed by atoms with Gasteiger partial charge in [-0.05, 0) is 46.0 Å². The summed E-state index contributed by atoms with van der Waals surface area (Å²) in [6, 6.07) is 0. The molecule has 0 aliphatic carbocycles. The van der Waals surface area contributed by atoms with Gasteiger partial charge in [-0.1, -0.05) is 0 Å². The highest BCUT2D eigenvalue weighted by Gasteiger charge is 2.29. The summed E-state index contributed by atoms with van der Waals surface area (Å²) in [5.74, 6) is 0.910. The number of aryl methyl sites for hydroxylation is 2. The first kappa shape index (κ1) is 19.9. The Labute approximate surface area is 175 Å².